The van der Waals surface area contributed by atoms with E-state index < -0.39 is 26.5 Å². The topological polar surface area (TPSA) is 87.3 Å². The van der Waals surface area contributed by atoms with Crippen LogP contribution in [0.3, 0.4) is 0 Å². The summed E-state index contributed by atoms with van der Waals surface area (Å²) < 4.78 is 47.7. The second-order valence-electron chi connectivity index (χ2n) is 5.56. The minimum absolute atomic E-state index is 0.330. The van der Waals surface area contributed by atoms with E-state index >= 15 is 0 Å². The fourth-order valence-corrected chi connectivity index (χ4v) is 3.17. The van der Waals surface area contributed by atoms with Crippen LogP contribution in [0.1, 0.15) is 0 Å². The van der Waals surface area contributed by atoms with Gasteiger partial charge in [-0.2, -0.15) is 8.78 Å². The van der Waals surface area contributed by atoms with Crippen molar-refractivity contribution in [3.63, 3.8) is 0 Å². The van der Waals surface area contributed by atoms with Crippen molar-refractivity contribution in [3.05, 3.63) is 66.7 Å². The van der Waals surface area contributed by atoms with Gasteiger partial charge < -0.3 is 5.32 Å². The highest BCUT2D eigenvalue weighted by Crippen LogP contribution is 2.23. The number of carbonyl (C=O) groups excluding carboxylic acids is 1. The molecule has 3 N–H and O–H groups in total. The van der Waals surface area contributed by atoms with E-state index in [0.29, 0.717) is 11.4 Å². The van der Waals surface area contributed by atoms with Crippen molar-refractivity contribution in [1.82, 2.24) is 5.43 Å². The molecule has 0 fully saturated rings. The van der Waals surface area contributed by atoms with Crippen molar-refractivity contribution in [3.8, 4) is 0 Å². The van der Waals surface area contributed by atoms with E-state index in [-0.39, 0.29) is 0 Å². The molecule has 0 saturated carbocycles. The van der Waals surface area contributed by atoms with Gasteiger partial charge in [-0.3, -0.25) is 10.9 Å². The van der Waals surface area contributed by atoms with Gasteiger partial charge in [-0.1, -0.05) is 36.4 Å². The van der Waals surface area contributed by atoms with Crippen LogP contribution in [0.5, 0.6) is 0 Å². The van der Waals surface area contributed by atoms with E-state index in [9.17, 15) is 22.0 Å². The Balaban J connectivity index is 1.64. The van der Waals surface area contributed by atoms with Gasteiger partial charge in [-0.05, 0) is 35.7 Å². The Morgan fingerprint density at radius 3 is 2.26 bits per heavy atom. The molecule has 6 nitrogen and oxygen atoms in total. The quantitative estimate of drug-likeness (QED) is 0.574. The highest BCUT2D eigenvalue weighted by Gasteiger charge is 2.26. The van der Waals surface area contributed by atoms with Crippen molar-refractivity contribution < 1.29 is 22.0 Å². The summed E-state index contributed by atoms with van der Waals surface area (Å²) in [6.07, 6.45) is 0. The van der Waals surface area contributed by atoms with Gasteiger partial charge in [0.15, 0.2) is 0 Å². The summed E-state index contributed by atoms with van der Waals surface area (Å²) >= 11 is 0. The van der Waals surface area contributed by atoms with Gasteiger partial charge in [-0.15, -0.1) is 0 Å². The molecule has 0 aliphatic carbocycles. The molecule has 140 valence electrons. The Bertz CT molecular complexity index is 1070. The number of amides is 2. The predicted molar refractivity (Wildman–Crippen MR) is 99.4 cm³/mol. The number of benzene rings is 3. The summed E-state index contributed by atoms with van der Waals surface area (Å²) in [7, 11) is -4.65. The maximum Gasteiger partial charge on any atom is 0.341 e. The maximum absolute atomic E-state index is 12.5. The van der Waals surface area contributed by atoms with Crippen molar-refractivity contribution in [2.24, 2.45) is 0 Å². The van der Waals surface area contributed by atoms with Gasteiger partial charge >= 0.3 is 11.8 Å². The Hall–Kier alpha value is -3.20. The lowest BCUT2D eigenvalue weighted by Gasteiger charge is -2.12. The van der Waals surface area contributed by atoms with E-state index in [1.807, 2.05) is 36.4 Å². The molecule has 0 unspecified atom stereocenters. The molecule has 2 amide bonds. The van der Waals surface area contributed by atoms with E-state index in [2.05, 4.69) is 16.2 Å². The Labute approximate surface area is 154 Å². The first-order chi connectivity index (χ1) is 12.9. The molecule has 0 aliphatic heterocycles. The molecular formula is C18H15F2N3O3S. The van der Waals surface area contributed by atoms with Gasteiger partial charge in [-0.25, -0.2) is 13.2 Å². The number of nitrogens with one attached hydrogen (secondary N) is 3. The summed E-state index contributed by atoms with van der Waals surface area (Å²) in [6, 6.07) is 17.1. The van der Waals surface area contributed by atoms with Gasteiger partial charge in [0, 0.05) is 5.39 Å². The molecule has 0 saturated heterocycles. The molecule has 0 radical (unpaired) electrons. The molecule has 0 bridgehead atoms. The van der Waals surface area contributed by atoms with Crippen LogP contribution in [0.25, 0.3) is 10.8 Å². The van der Waals surface area contributed by atoms with Crippen LogP contribution >= 0.6 is 0 Å². The van der Waals surface area contributed by atoms with Crippen LogP contribution in [0, 0.1) is 0 Å². The van der Waals surface area contributed by atoms with Gasteiger partial charge in [0.05, 0.1) is 16.3 Å². The Morgan fingerprint density at radius 2 is 1.56 bits per heavy atom. The Morgan fingerprint density at radius 1 is 0.889 bits per heavy atom. The second-order valence-corrected chi connectivity index (χ2v) is 7.48. The molecular weight excluding hydrogens is 376 g/mol. The largest absolute Gasteiger partial charge is 0.341 e. The zero-order valence-electron chi connectivity index (χ0n) is 13.8. The lowest BCUT2D eigenvalue weighted by molar-refractivity contribution is 0.234. The summed E-state index contributed by atoms with van der Waals surface area (Å²) in [5, 5.41) is 4.54. The third-order valence-corrected chi connectivity index (χ3v) is 5.17. The summed E-state index contributed by atoms with van der Waals surface area (Å²) in [5.74, 6) is -3.49. The summed E-state index contributed by atoms with van der Waals surface area (Å²) in [6.45, 7) is 0. The first-order valence-corrected chi connectivity index (χ1v) is 9.35. The van der Waals surface area contributed by atoms with Crippen LogP contribution in [0.2, 0.25) is 0 Å². The van der Waals surface area contributed by atoms with Crippen LogP contribution in [0.15, 0.2) is 71.6 Å². The third-order valence-electron chi connectivity index (χ3n) is 3.78. The zero-order chi connectivity index (χ0) is 19.4. The number of halogens is 2. The van der Waals surface area contributed by atoms with Crippen LogP contribution < -0.4 is 16.2 Å². The van der Waals surface area contributed by atoms with Crippen molar-refractivity contribution in [2.75, 3.05) is 10.7 Å². The average Bonchev–Trinajstić information content (AvgIpc) is 2.67. The summed E-state index contributed by atoms with van der Waals surface area (Å²) in [4.78, 5) is 11.6. The lowest BCUT2D eigenvalue weighted by Crippen LogP contribution is -2.33. The number of carbonyl (C=O) groups is 1. The first kappa shape index (κ1) is 18.6. The molecule has 0 aliphatic rings. The number of alkyl halides is 2. The molecule has 27 heavy (non-hydrogen) atoms. The monoisotopic (exact) mass is 391 g/mol. The first-order valence-electron chi connectivity index (χ1n) is 7.81. The maximum atomic E-state index is 12.5. The summed E-state index contributed by atoms with van der Waals surface area (Å²) in [5.41, 5.74) is 5.92. The van der Waals surface area contributed by atoms with E-state index in [0.717, 1.165) is 22.9 Å². The number of anilines is 2. The molecule has 3 aromatic carbocycles. The minimum Gasteiger partial charge on any atom is -0.306 e. The fourth-order valence-electron chi connectivity index (χ4n) is 2.45. The molecule has 3 aromatic rings. The molecule has 0 atom stereocenters. The molecule has 3 rings (SSSR count). The lowest BCUT2D eigenvalue weighted by atomic mass is 10.1. The second kappa shape index (κ2) is 7.58. The van der Waals surface area contributed by atoms with Crippen LogP contribution in [-0.2, 0) is 9.84 Å². The van der Waals surface area contributed by atoms with Crippen molar-refractivity contribution >= 4 is 38.0 Å². The average molecular weight is 391 g/mol. The number of rotatable bonds is 5. The number of hydrogen-bond acceptors (Lipinski definition) is 4. The van der Waals surface area contributed by atoms with E-state index in [1.165, 1.54) is 12.1 Å². The number of hydrazine groups is 1. The molecule has 0 heterocycles. The van der Waals surface area contributed by atoms with Crippen LogP contribution in [-0.4, -0.2) is 20.2 Å². The molecule has 0 aromatic heterocycles. The van der Waals surface area contributed by atoms with Gasteiger partial charge in [0.2, 0.25) is 9.84 Å². The van der Waals surface area contributed by atoms with Crippen molar-refractivity contribution in [2.45, 2.75) is 10.7 Å². The number of sulfone groups is 1. The normalized spacial score (nSPS) is 11.4. The van der Waals surface area contributed by atoms with Gasteiger partial charge in [0.1, 0.15) is 0 Å². The van der Waals surface area contributed by atoms with Crippen molar-refractivity contribution in [1.29, 1.82) is 0 Å². The molecule has 0 spiro atoms. The highest BCUT2D eigenvalue weighted by atomic mass is 32.2. The van der Waals surface area contributed by atoms with E-state index in [1.54, 1.807) is 6.07 Å². The smallest absolute Gasteiger partial charge is 0.306 e. The fraction of sp³-hybridized carbons (Fsp3) is 0.0556. The zero-order valence-corrected chi connectivity index (χ0v) is 14.6. The highest BCUT2D eigenvalue weighted by molar-refractivity contribution is 7.91. The number of hydrogen-bond donors (Lipinski definition) is 3. The molecule has 9 heteroatoms. The predicted octanol–water partition coefficient (Wildman–Crippen LogP) is 3.98. The standard InChI is InChI=1S/C18H15F2N3O3S/c19-17(20)27(25,26)14-10-8-13(9-11-14)22-23-18(24)21-16-7-3-5-12-4-1-2-6-15(12)16/h1-11,17,22H,(H2,21,23,24). The number of urea groups is 1. The van der Waals surface area contributed by atoms with E-state index in [4.69, 9.17) is 0 Å². The Kier molecular flexibility index (Phi) is 5.22. The van der Waals surface area contributed by atoms with Crippen LogP contribution in [0.4, 0.5) is 25.0 Å². The minimum atomic E-state index is -4.65. The third kappa shape index (κ3) is 4.14. The number of fused-ring (bicyclic) bond motifs is 1. The van der Waals surface area contributed by atoms with Gasteiger partial charge in [0.25, 0.3) is 0 Å². The SMILES string of the molecule is O=C(NNc1ccc(S(=O)(=O)C(F)F)cc1)Nc1cccc2ccccc12.